The molecule has 0 amide bonds. The minimum atomic E-state index is -0.319. The molecule has 0 bridgehead atoms. The van der Waals surface area contributed by atoms with E-state index in [-0.39, 0.29) is 17.2 Å². The van der Waals surface area contributed by atoms with Crippen molar-refractivity contribution in [3.8, 4) is 16.9 Å². The molecule has 0 saturated heterocycles. The molecule has 0 fully saturated rings. The molecule has 0 unspecified atom stereocenters. The molecule has 0 radical (unpaired) electrons. The number of nitrogens with zero attached hydrogens (tertiary/aromatic N) is 6. The number of hydrazone groups is 1. The number of anilines is 1. The van der Waals surface area contributed by atoms with Gasteiger partial charge >= 0.3 is 0 Å². The number of aromatic nitrogens is 6. The Hall–Kier alpha value is -4.14. The van der Waals surface area contributed by atoms with Gasteiger partial charge in [-0.3, -0.25) is 14.8 Å². The zero-order valence-electron chi connectivity index (χ0n) is 14.9. The minimum Gasteiger partial charge on any atom is -0.288 e. The molecular formula is C19H16N8O. The van der Waals surface area contributed by atoms with Crippen molar-refractivity contribution in [2.75, 3.05) is 5.43 Å². The van der Waals surface area contributed by atoms with Gasteiger partial charge in [0.1, 0.15) is 11.4 Å². The highest BCUT2D eigenvalue weighted by atomic mass is 16.1. The van der Waals surface area contributed by atoms with Crippen LogP contribution in [0, 0.1) is 6.92 Å². The highest BCUT2D eigenvalue weighted by molar-refractivity contribution is 5.88. The Morgan fingerprint density at radius 3 is 2.75 bits per heavy atom. The van der Waals surface area contributed by atoms with Crippen LogP contribution in [0.3, 0.4) is 0 Å². The lowest BCUT2D eigenvalue weighted by molar-refractivity contribution is 0.884. The van der Waals surface area contributed by atoms with Crippen LogP contribution in [0.25, 0.3) is 16.9 Å². The Morgan fingerprint density at radius 2 is 2.00 bits per heavy atom. The molecule has 138 valence electrons. The summed E-state index contributed by atoms with van der Waals surface area (Å²) >= 11 is 0. The van der Waals surface area contributed by atoms with Gasteiger partial charge in [0.15, 0.2) is 0 Å². The standard InChI is InChI=1S/C19H16N8O/c1-13-18(28)22-19(25-23-13)24-21-11-15-12-27(16-7-3-2-4-8-16)26-17(15)14-6-5-9-20-10-14/h2-12H,1H3,(H2,22,24,25,28)/b21-11-. The van der Waals surface area contributed by atoms with Crippen molar-refractivity contribution in [3.05, 3.63) is 82.7 Å². The van der Waals surface area contributed by atoms with Crippen LogP contribution in [0.15, 0.2) is 71.0 Å². The number of H-pyrrole nitrogens is 1. The zero-order chi connectivity index (χ0) is 19.3. The number of pyridine rings is 1. The fourth-order valence-electron chi connectivity index (χ4n) is 2.53. The van der Waals surface area contributed by atoms with Gasteiger partial charge in [0, 0.05) is 29.7 Å². The molecule has 28 heavy (non-hydrogen) atoms. The number of benzene rings is 1. The second kappa shape index (κ2) is 7.62. The van der Waals surface area contributed by atoms with E-state index in [2.05, 4.69) is 35.8 Å². The Bertz CT molecular complexity index is 1170. The van der Waals surface area contributed by atoms with Crippen molar-refractivity contribution < 1.29 is 0 Å². The average molecular weight is 372 g/mol. The fraction of sp³-hybridized carbons (Fsp3) is 0.0526. The molecule has 0 aliphatic carbocycles. The van der Waals surface area contributed by atoms with Crippen molar-refractivity contribution in [2.45, 2.75) is 6.92 Å². The van der Waals surface area contributed by atoms with Gasteiger partial charge in [-0.15, -0.1) is 10.2 Å². The van der Waals surface area contributed by atoms with Crippen LogP contribution in [0.5, 0.6) is 0 Å². The summed E-state index contributed by atoms with van der Waals surface area (Å²) in [6.07, 6.45) is 6.92. The monoisotopic (exact) mass is 372 g/mol. The first-order chi connectivity index (χ1) is 13.7. The van der Waals surface area contributed by atoms with Gasteiger partial charge in [-0.05, 0) is 31.2 Å². The number of nitrogens with one attached hydrogen (secondary N) is 2. The van der Waals surface area contributed by atoms with Gasteiger partial charge in [-0.2, -0.15) is 10.2 Å². The summed E-state index contributed by atoms with van der Waals surface area (Å²) in [5, 5.41) is 16.4. The van der Waals surface area contributed by atoms with Crippen LogP contribution in [-0.4, -0.2) is 36.2 Å². The summed E-state index contributed by atoms with van der Waals surface area (Å²) in [6, 6.07) is 13.5. The van der Waals surface area contributed by atoms with Crippen LogP contribution < -0.4 is 11.0 Å². The smallest absolute Gasteiger partial charge is 0.274 e. The fourth-order valence-corrected chi connectivity index (χ4v) is 2.53. The van der Waals surface area contributed by atoms with E-state index in [0.717, 1.165) is 22.5 Å². The van der Waals surface area contributed by atoms with Crippen molar-refractivity contribution >= 4 is 12.2 Å². The SMILES string of the molecule is Cc1nnc(N/N=C\c2cn(-c3ccccc3)nc2-c2cccnc2)[nH]c1=O. The maximum absolute atomic E-state index is 11.6. The molecule has 1 aromatic carbocycles. The summed E-state index contributed by atoms with van der Waals surface area (Å²) in [7, 11) is 0. The van der Waals surface area contributed by atoms with Crippen molar-refractivity contribution in [3.63, 3.8) is 0 Å². The third-order valence-electron chi connectivity index (χ3n) is 3.93. The van der Waals surface area contributed by atoms with E-state index in [1.54, 1.807) is 30.2 Å². The summed E-state index contributed by atoms with van der Waals surface area (Å²) in [5.41, 5.74) is 5.93. The maximum atomic E-state index is 11.6. The van der Waals surface area contributed by atoms with Crippen molar-refractivity contribution in [1.82, 2.24) is 29.9 Å². The van der Waals surface area contributed by atoms with E-state index in [1.807, 2.05) is 48.7 Å². The molecule has 0 saturated carbocycles. The van der Waals surface area contributed by atoms with Gasteiger partial charge in [0.2, 0.25) is 5.95 Å². The number of rotatable bonds is 5. The Morgan fingerprint density at radius 1 is 1.14 bits per heavy atom. The van der Waals surface area contributed by atoms with E-state index >= 15 is 0 Å². The summed E-state index contributed by atoms with van der Waals surface area (Å²) in [6.45, 7) is 1.58. The first kappa shape index (κ1) is 17.3. The molecule has 4 rings (SSSR count). The second-order valence-corrected chi connectivity index (χ2v) is 5.91. The van der Waals surface area contributed by atoms with Crippen LogP contribution >= 0.6 is 0 Å². The Kier molecular flexibility index (Phi) is 4.70. The van der Waals surface area contributed by atoms with Gasteiger partial charge in [0.05, 0.1) is 11.9 Å². The van der Waals surface area contributed by atoms with Crippen LogP contribution in [0.2, 0.25) is 0 Å². The molecular weight excluding hydrogens is 356 g/mol. The van der Waals surface area contributed by atoms with E-state index in [9.17, 15) is 4.79 Å². The van der Waals surface area contributed by atoms with Crippen LogP contribution in [0.4, 0.5) is 5.95 Å². The molecule has 2 N–H and O–H groups in total. The highest BCUT2D eigenvalue weighted by Crippen LogP contribution is 2.21. The Balaban J connectivity index is 1.67. The maximum Gasteiger partial charge on any atom is 0.274 e. The first-order valence-corrected chi connectivity index (χ1v) is 8.49. The molecule has 3 aromatic heterocycles. The number of hydrogen-bond acceptors (Lipinski definition) is 7. The molecule has 3 heterocycles. The minimum absolute atomic E-state index is 0.158. The van der Waals surface area contributed by atoms with Gasteiger partial charge < -0.3 is 0 Å². The molecule has 9 nitrogen and oxygen atoms in total. The molecule has 4 aromatic rings. The average Bonchev–Trinajstić information content (AvgIpc) is 3.16. The van der Waals surface area contributed by atoms with Gasteiger partial charge in [-0.1, -0.05) is 18.2 Å². The largest absolute Gasteiger partial charge is 0.288 e. The number of para-hydroxylation sites is 1. The third kappa shape index (κ3) is 3.68. The van der Waals surface area contributed by atoms with E-state index in [0.29, 0.717) is 0 Å². The first-order valence-electron chi connectivity index (χ1n) is 8.49. The van der Waals surface area contributed by atoms with Crippen molar-refractivity contribution in [1.29, 1.82) is 0 Å². The third-order valence-corrected chi connectivity index (χ3v) is 3.93. The van der Waals surface area contributed by atoms with Gasteiger partial charge in [0.25, 0.3) is 5.56 Å². The quantitative estimate of drug-likeness (QED) is 0.410. The number of hydrogen-bond donors (Lipinski definition) is 2. The van der Waals surface area contributed by atoms with E-state index < -0.39 is 0 Å². The van der Waals surface area contributed by atoms with Gasteiger partial charge in [-0.25, -0.2) is 10.1 Å². The van der Waals surface area contributed by atoms with Crippen LogP contribution in [0.1, 0.15) is 11.3 Å². The molecule has 9 heteroatoms. The predicted octanol–water partition coefficient (Wildman–Crippen LogP) is 2.17. The molecule has 0 aliphatic heterocycles. The van der Waals surface area contributed by atoms with E-state index in [4.69, 9.17) is 0 Å². The number of aryl methyl sites for hydroxylation is 1. The normalized spacial score (nSPS) is 11.0. The molecule has 0 spiro atoms. The highest BCUT2D eigenvalue weighted by Gasteiger charge is 2.11. The summed E-state index contributed by atoms with van der Waals surface area (Å²) in [4.78, 5) is 18.3. The van der Waals surface area contributed by atoms with Crippen LogP contribution in [-0.2, 0) is 0 Å². The van der Waals surface area contributed by atoms with E-state index in [1.165, 1.54) is 0 Å². The number of aromatic amines is 1. The lowest BCUT2D eigenvalue weighted by Crippen LogP contribution is -2.15. The lowest BCUT2D eigenvalue weighted by Gasteiger charge is -2.00. The van der Waals surface area contributed by atoms with Crippen molar-refractivity contribution in [2.24, 2.45) is 5.10 Å². The molecule has 0 atom stereocenters. The predicted molar refractivity (Wildman–Crippen MR) is 105 cm³/mol. The zero-order valence-corrected chi connectivity index (χ0v) is 14.9. The Labute approximate surface area is 159 Å². The molecule has 0 aliphatic rings. The summed E-state index contributed by atoms with van der Waals surface area (Å²) in [5.74, 6) is 0.158. The lowest BCUT2D eigenvalue weighted by atomic mass is 10.1. The summed E-state index contributed by atoms with van der Waals surface area (Å²) < 4.78 is 1.78. The topological polar surface area (TPSA) is 114 Å². The second-order valence-electron chi connectivity index (χ2n) is 5.91.